The molecule has 0 heterocycles. The van der Waals surface area contributed by atoms with E-state index in [9.17, 15) is 30.4 Å². The number of nitro benzene ring substituents is 2. The van der Waals surface area contributed by atoms with Gasteiger partial charge >= 0.3 is 17.1 Å². The van der Waals surface area contributed by atoms with Gasteiger partial charge in [-0.3, -0.25) is 30.2 Å². The molecule has 2 aliphatic carbocycles. The third-order valence-corrected chi connectivity index (χ3v) is 8.15. The number of nitrogens with zero attached hydrogens (tertiary/aromatic N) is 4. The van der Waals surface area contributed by atoms with Crippen LogP contribution >= 0.6 is 0 Å². The molecule has 0 bridgehead atoms. The van der Waals surface area contributed by atoms with Crippen LogP contribution in [0.25, 0.3) is 0 Å². The van der Waals surface area contributed by atoms with Crippen LogP contribution in [0.3, 0.4) is 0 Å². The summed E-state index contributed by atoms with van der Waals surface area (Å²) >= 11 is 0. The van der Waals surface area contributed by atoms with E-state index >= 15 is 0 Å². The van der Waals surface area contributed by atoms with Gasteiger partial charge in [0, 0.05) is 62.6 Å². The SMILES string of the molecule is O=[N+]([O-])c1ccc([O-])c(C=NCCC[NH2+]C2CCCCC2)c1.O=[N+]([O-])c1ccc([O-])c(C=NCCC[NH2+]C2CCCCC2)c1.[Cu+2].[O-][Cl+3]([O-])([O-])[O-].[O-][Cl+3]([O-])([O-])[O-]. The Morgan fingerprint density at radius 2 is 0.909 bits per heavy atom. The van der Waals surface area contributed by atoms with E-state index in [1.807, 2.05) is 0 Å². The van der Waals surface area contributed by atoms with Gasteiger partial charge in [0.1, 0.15) is 0 Å². The van der Waals surface area contributed by atoms with Crippen molar-refractivity contribution in [2.75, 3.05) is 26.2 Å². The predicted molar refractivity (Wildman–Crippen MR) is 167 cm³/mol. The maximum absolute atomic E-state index is 11.6. The number of aliphatic imine (C=N–C) groups is 2. The van der Waals surface area contributed by atoms with Crippen molar-refractivity contribution in [3.63, 3.8) is 0 Å². The van der Waals surface area contributed by atoms with Gasteiger partial charge in [0.05, 0.1) is 35.0 Å². The Balaban J connectivity index is 0.000000839. The molecule has 55 heavy (non-hydrogen) atoms. The van der Waals surface area contributed by atoms with Crippen LogP contribution in [-0.4, -0.2) is 60.5 Å². The minimum atomic E-state index is -4.94. The molecule has 2 aromatic carbocycles. The zero-order chi connectivity index (χ0) is 40.6. The van der Waals surface area contributed by atoms with E-state index in [0.29, 0.717) is 13.1 Å². The van der Waals surface area contributed by atoms with Crippen LogP contribution in [0.1, 0.15) is 88.2 Å². The Labute approximate surface area is 332 Å². The summed E-state index contributed by atoms with van der Waals surface area (Å²) in [6, 6.07) is 8.97. The molecule has 20 nitrogen and oxygen atoms in total. The molecule has 0 unspecified atom stereocenters. The van der Waals surface area contributed by atoms with Gasteiger partial charge in [0.25, 0.3) is 11.4 Å². The van der Waals surface area contributed by atoms with Crippen LogP contribution in [0.2, 0.25) is 0 Å². The monoisotopic (exact) mass is 871 g/mol. The van der Waals surface area contributed by atoms with E-state index in [-0.39, 0.29) is 51.1 Å². The van der Waals surface area contributed by atoms with E-state index < -0.39 is 30.3 Å². The van der Waals surface area contributed by atoms with Crippen molar-refractivity contribution in [3.8, 4) is 11.5 Å². The predicted octanol–water partition coefficient (Wildman–Crippen LogP) is -6.77. The Bertz CT molecular complexity index is 1340. The third-order valence-electron chi connectivity index (χ3n) is 8.15. The molecule has 0 atom stereocenters. The summed E-state index contributed by atoms with van der Waals surface area (Å²) in [6.45, 7) is 3.37. The van der Waals surface area contributed by atoms with Crippen LogP contribution in [0, 0.1) is 40.7 Å². The second-order valence-electron chi connectivity index (χ2n) is 12.3. The molecule has 4 rings (SSSR count). The molecular weight excluding hydrogens is 827 g/mol. The van der Waals surface area contributed by atoms with Gasteiger partial charge in [-0.15, -0.1) is 20.5 Å². The summed E-state index contributed by atoms with van der Waals surface area (Å²) in [4.78, 5) is 28.8. The van der Waals surface area contributed by atoms with Crippen molar-refractivity contribution in [2.24, 2.45) is 9.98 Å². The molecular formula is C32H46Cl2CuN6O14. The fourth-order valence-electron chi connectivity index (χ4n) is 5.64. The Morgan fingerprint density at radius 3 is 1.20 bits per heavy atom. The number of hydrogen-bond donors (Lipinski definition) is 2. The fraction of sp³-hybridized carbons (Fsp3) is 0.562. The van der Waals surface area contributed by atoms with Crippen molar-refractivity contribution in [1.82, 2.24) is 0 Å². The first kappa shape index (κ1) is 51.9. The van der Waals surface area contributed by atoms with Crippen LogP contribution in [0.15, 0.2) is 46.4 Å². The largest absolute Gasteiger partial charge is 2.00 e. The quantitative estimate of drug-likeness (QED) is 0.0586. The van der Waals surface area contributed by atoms with Crippen molar-refractivity contribution in [2.45, 2.75) is 89.1 Å². The molecule has 0 saturated heterocycles. The summed E-state index contributed by atoms with van der Waals surface area (Å²) in [5.74, 6) is -0.466. The molecule has 2 fully saturated rings. The average molecular weight is 873 g/mol. The number of nitro groups is 2. The molecule has 4 N–H and O–H groups in total. The molecule has 0 spiro atoms. The van der Waals surface area contributed by atoms with E-state index in [2.05, 4.69) is 20.6 Å². The molecule has 0 aromatic heterocycles. The van der Waals surface area contributed by atoms with Crippen molar-refractivity contribution in [1.29, 1.82) is 0 Å². The van der Waals surface area contributed by atoms with Crippen LogP contribution in [0.5, 0.6) is 11.5 Å². The van der Waals surface area contributed by atoms with Crippen LogP contribution in [-0.2, 0) is 17.1 Å². The fourth-order valence-corrected chi connectivity index (χ4v) is 5.64. The maximum atomic E-state index is 11.6. The molecule has 0 aliphatic heterocycles. The molecule has 2 aromatic rings. The summed E-state index contributed by atoms with van der Waals surface area (Å²) < 4.78 is 67.9. The maximum Gasteiger partial charge on any atom is 2.00 e. The number of non-ortho nitro benzene ring substituents is 2. The minimum Gasteiger partial charge on any atom is -0.872 e. The molecule has 2 saturated carbocycles. The molecule has 23 heteroatoms. The summed E-state index contributed by atoms with van der Waals surface area (Å²) in [5, 5.41) is 49.4. The van der Waals surface area contributed by atoms with Crippen molar-refractivity contribution >= 4 is 23.8 Å². The first-order valence-corrected chi connectivity index (χ1v) is 19.6. The minimum absolute atomic E-state index is 0. The summed E-state index contributed by atoms with van der Waals surface area (Å²) in [7, 11) is -9.89. The van der Waals surface area contributed by atoms with E-state index in [4.69, 9.17) is 37.3 Å². The van der Waals surface area contributed by atoms with E-state index in [0.717, 1.165) is 38.0 Å². The number of hydrogen-bond acceptors (Lipinski definition) is 16. The molecule has 2 aliphatic rings. The number of rotatable bonds is 14. The number of halogens is 2. The zero-order valence-electron chi connectivity index (χ0n) is 29.8. The second kappa shape index (κ2) is 28.3. The first-order valence-electron chi connectivity index (χ1n) is 17.1. The van der Waals surface area contributed by atoms with Gasteiger partial charge in [-0.05, 0) is 62.5 Å². The van der Waals surface area contributed by atoms with Crippen molar-refractivity contribution in [3.05, 3.63) is 67.8 Å². The number of nitrogens with two attached hydrogens (primary N) is 2. The van der Waals surface area contributed by atoms with Gasteiger partial charge in [-0.1, -0.05) is 36.5 Å². The first-order chi connectivity index (χ1) is 25.3. The van der Waals surface area contributed by atoms with Crippen molar-refractivity contribution < 1.29 is 106 Å². The Kier molecular flexibility index (Phi) is 26.7. The zero-order valence-corrected chi connectivity index (χ0v) is 32.3. The van der Waals surface area contributed by atoms with Gasteiger partial charge in [-0.25, -0.2) is 37.3 Å². The number of benzene rings is 2. The average Bonchev–Trinajstić information content (AvgIpc) is 3.09. The molecule has 0 amide bonds. The Hall–Kier alpha value is -3.12. The smallest absolute Gasteiger partial charge is 0.872 e. The normalized spacial score (nSPS) is 15.1. The van der Waals surface area contributed by atoms with Gasteiger partial charge in [0.15, 0.2) is 0 Å². The Morgan fingerprint density at radius 1 is 0.600 bits per heavy atom. The van der Waals surface area contributed by atoms with Gasteiger partial charge < -0.3 is 20.8 Å². The van der Waals surface area contributed by atoms with E-state index in [1.54, 1.807) is 0 Å². The van der Waals surface area contributed by atoms with Gasteiger partial charge in [0.2, 0.25) is 0 Å². The third kappa shape index (κ3) is 28.9. The second-order valence-corrected chi connectivity index (χ2v) is 13.8. The summed E-state index contributed by atoms with van der Waals surface area (Å²) in [6.07, 6.45) is 18.2. The van der Waals surface area contributed by atoms with Crippen LogP contribution < -0.4 is 58.1 Å². The summed E-state index contributed by atoms with van der Waals surface area (Å²) in [5.41, 5.74) is 0.411. The molecule has 313 valence electrons. The van der Waals surface area contributed by atoms with Gasteiger partial charge in [-0.2, -0.15) is 0 Å². The topological polar surface area (TPSA) is 375 Å². The van der Waals surface area contributed by atoms with E-state index in [1.165, 1.54) is 113 Å². The standard InChI is InChI=1S/2C16H23N3O3.2ClHO4.Cu/c2*20-16-8-7-15(19(21)22)11-13(16)12-17-9-4-10-18-14-5-2-1-3-6-14;2*2-1(3,4)5;/h2*7-8,11-12,14,18,20H,1-6,9-10H2;2*(H,2,3,4,5);/q;;;;+2/p-2. The number of quaternary nitrogens is 2. The van der Waals surface area contributed by atoms with Crippen LogP contribution in [0.4, 0.5) is 11.4 Å². The molecule has 1 radical (unpaired) electrons.